The molecule has 0 bridgehead atoms. The van der Waals surface area contributed by atoms with Gasteiger partial charge in [-0.3, -0.25) is 4.79 Å². The van der Waals surface area contributed by atoms with Gasteiger partial charge in [0.05, 0.1) is 7.11 Å². The van der Waals surface area contributed by atoms with E-state index in [1.54, 1.807) is 29.6 Å². The van der Waals surface area contributed by atoms with Crippen molar-refractivity contribution in [3.63, 3.8) is 0 Å². The second kappa shape index (κ2) is 9.33. The fourth-order valence-corrected chi connectivity index (χ4v) is 3.77. The summed E-state index contributed by atoms with van der Waals surface area (Å²) in [6.45, 7) is -0.521. The molecule has 0 radical (unpaired) electrons. The summed E-state index contributed by atoms with van der Waals surface area (Å²) in [7, 11) is 1.23. The molecule has 0 aliphatic heterocycles. The first kappa shape index (κ1) is 21.2. The van der Waals surface area contributed by atoms with Gasteiger partial charge in [0, 0.05) is 21.5 Å². The predicted molar refractivity (Wildman–Crippen MR) is 111 cm³/mol. The zero-order valence-corrected chi connectivity index (χ0v) is 17.0. The van der Waals surface area contributed by atoms with Crippen LogP contribution in [0.15, 0.2) is 48.0 Å². The molecule has 154 valence electrons. The van der Waals surface area contributed by atoms with Crippen molar-refractivity contribution in [2.75, 3.05) is 19.0 Å². The second-order valence-corrected chi connectivity index (χ2v) is 7.03. The number of aromatic nitrogens is 1. The normalized spacial score (nSPS) is 10.3. The number of anilines is 1. The molecule has 1 aromatic carbocycles. The van der Waals surface area contributed by atoms with E-state index >= 15 is 0 Å². The van der Waals surface area contributed by atoms with Crippen molar-refractivity contribution in [1.29, 1.82) is 0 Å². The fourth-order valence-electron chi connectivity index (χ4n) is 2.57. The molecule has 1 amide bonds. The zero-order valence-electron chi connectivity index (χ0n) is 15.5. The number of methoxy groups -OCH3 is 1. The molecule has 2 heterocycles. The van der Waals surface area contributed by atoms with Crippen LogP contribution in [-0.2, 0) is 9.53 Å². The smallest absolute Gasteiger partial charge is 0.406 e. The first-order chi connectivity index (χ1) is 14.4. The van der Waals surface area contributed by atoms with E-state index in [4.69, 9.17) is 21.1 Å². The van der Waals surface area contributed by atoms with Crippen LogP contribution in [0.2, 0.25) is 5.02 Å². The number of amides is 1. The summed E-state index contributed by atoms with van der Waals surface area (Å²) >= 11 is 7.35. The van der Waals surface area contributed by atoms with Crippen LogP contribution in [0.1, 0.15) is 10.4 Å². The number of nitrogens with one attached hydrogen (secondary N) is 1. The van der Waals surface area contributed by atoms with E-state index in [1.807, 2.05) is 0 Å². The van der Waals surface area contributed by atoms with E-state index in [0.717, 1.165) is 11.3 Å². The lowest BCUT2D eigenvalue weighted by molar-refractivity contribution is -0.390. The van der Waals surface area contributed by atoms with Gasteiger partial charge in [-0.1, -0.05) is 29.8 Å². The molecule has 0 unspecified atom stereocenters. The molecule has 9 nitrogen and oxygen atoms in total. The quantitative estimate of drug-likeness (QED) is 0.327. The van der Waals surface area contributed by atoms with Crippen LogP contribution in [-0.4, -0.2) is 35.5 Å². The highest BCUT2D eigenvalue weighted by Crippen LogP contribution is 2.39. The number of hydrogen-bond donors (Lipinski definition) is 1. The van der Waals surface area contributed by atoms with Crippen LogP contribution in [0.25, 0.3) is 11.1 Å². The third kappa shape index (κ3) is 4.56. The second-order valence-electron chi connectivity index (χ2n) is 5.74. The molecule has 1 N–H and O–H groups in total. The first-order valence-corrected chi connectivity index (χ1v) is 9.65. The van der Waals surface area contributed by atoms with Crippen LogP contribution in [0.3, 0.4) is 0 Å². The van der Waals surface area contributed by atoms with Gasteiger partial charge < -0.3 is 24.9 Å². The largest absolute Gasteiger partial charge is 0.476 e. The minimum Gasteiger partial charge on any atom is -0.476 e. The highest BCUT2D eigenvalue weighted by atomic mass is 35.5. The number of rotatable bonds is 7. The molecule has 2 aromatic heterocycles. The van der Waals surface area contributed by atoms with Crippen LogP contribution < -0.4 is 10.1 Å². The average Bonchev–Trinajstić information content (AvgIpc) is 3.15. The van der Waals surface area contributed by atoms with Gasteiger partial charge in [0.15, 0.2) is 6.61 Å². The lowest BCUT2D eigenvalue weighted by Crippen LogP contribution is -2.21. The van der Waals surface area contributed by atoms with Crippen LogP contribution in [0, 0.1) is 10.1 Å². The van der Waals surface area contributed by atoms with Crippen molar-refractivity contribution in [2.24, 2.45) is 0 Å². The zero-order chi connectivity index (χ0) is 21.7. The van der Waals surface area contributed by atoms with Gasteiger partial charge in [-0.25, -0.2) is 4.79 Å². The maximum Gasteiger partial charge on any atom is 0.406 e. The van der Waals surface area contributed by atoms with Crippen molar-refractivity contribution in [3.05, 3.63) is 68.7 Å². The van der Waals surface area contributed by atoms with Gasteiger partial charge in [0.1, 0.15) is 16.8 Å². The molecule has 30 heavy (non-hydrogen) atoms. The molecule has 0 aliphatic carbocycles. The number of carbonyl (C=O) groups excluding carboxylic acids is 2. The van der Waals surface area contributed by atoms with Gasteiger partial charge in [-0.05, 0) is 28.1 Å². The number of hydrogen-bond acceptors (Lipinski definition) is 8. The van der Waals surface area contributed by atoms with Crippen molar-refractivity contribution >= 4 is 45.6 Å². The molecule has 0 spiro atoms. The Kier molecular flexibility index (Phi) is 6.60. The number of carbonyl (C=O) groups is 2. The van der Waals surface area contributed by atoms with E-state index in [2.05, 4.69) is 10.3 Å². The first-order valence-electron chi connectivity index (χ1n) is 8.39. The van der Waals surface area contributed by atoms with E-state index in [9.17, 15) is 19.7 Å². The van der Waals surface area contributed by atoms with Gasteiger partial charge in [0.25, 0.3) is 5.91 Å². The number of pyridine rings is 1. The third-order valence-corrected chi connectivity index (χ3v) is 5.11. The summed E-state index contributed by atoms with van der Waals surface area (Å²) in [5.74, 6) is -1.91. The van der Waals surface area contributed by atoms with Crippen LogP contribution >= 0.6 is 22.9 Å². The number of nitrogens with zero attached hydrogens (tertiary/aromatic N) is 2. The molecule has 11 heteroatoms. The fraction of sp³-hybridized carbons (Fsp3) is 0.105. The van der Waals surface area contributed by atoms with Crippen LogP contribution in [0.5, 0.6) is 5.75 Å². The Bertz CT molecular complexity index is 1120. The summed E-state index contributed by atoms with van der Waals surface area (Å²) in [4.78, 5) is 38.6. The molecular weight excluding hydrogens is 434 g/mol. The van der Waals surface area contributed by atoms with Crippen molar-refractivity contribution in [1.82, 2.24) is 4.98 Å². The van der Waals surface area contributed by atoms with E-state index in [-0.39, 0.29) is 16.3 Å². The Morgan fingerprint density at radius 1 is 1.23 bits per heavy atom. The van der Waals surface area contributed by atoms with Crippen molar-refractivity contribution in [3.8, 4) is 16.9 Å². The van der Waals surface area contributed by atoms with Gasteiger partial charge >= 0.3 is 11.8 Å². The Morgan fingerprint density at radius 2 is 2.00 bits per heavy atom. The lowest BCUT2D eigenvalue weighted by atomic mass is 10.0. The monoisotopic (exact) mass is 447 g/mol. The summed E-state index contributed by atoms with van der Waals surface area (Å²) in [5.41, 5.74) is 1.27. The number of esters is 1. The number of benzene rings is 1. The van der Waals surface area contributed by atoms with Gasteiger partial charge in [-0.15, -0.1) is 11.3 Å². The van der Waals surface area contributed by atoms with Gasteiger partial charge in [0.2, 0.25) is 5.75 Å². The summed E-state index contributed by atoms with van der Waals surface area (Å²) in [6, 6.07) is 9.74. The molecule has 0 aliphatic rings. The minimum atomic E-state index is -0.711. The number of nitro groups is 1. The highest BCUT2D eigenvalue weighted by Gasteiger charge is 2.24. The van der Waals surface area contributed by atoms with E-state index in [0.29, 0.717) is 16.1 Å². The topological polar surface area (TPSA) is 121 Å². The lowest BCUT2D eigenvalue weighted by Gasteiger charge is -2.09. The van der Waals surface area contributed by atoms with Crippen LogP contribution in [0.4, 0.5) is 10.8 Å². The Balaban J connectivity index is 1.81. The molecule has 0 saturated carbocycles. The summed E-state index contributed by atoms with van der Waals surface area (Å²) < 4.78 is 10.1. The summed E-state index contributed by atoms with van der Waals surface area (Å²) in [6.07, 6.45) is 1.25. The highest BCUT2D eigenvalue weighted by molar-refractivity contribution is 7.15. The van der Waals surface area contributed by atoms with Gasteiger partial charge in [-0.2, -0.15) is 0 Å². The van der Waals surface area contributed by atoms with Crippen molar-refractivity contribution in [2.45, 2.75) is 0 Å². The number of thiophene rings is 1. The SMILES string of the molecule is COC(=O)c1c(-c2ccccc2Cl)csc1NC(=O)COc1cccnc1[N+](=O)[O-]. The number of halogens is 1. The average molecular weight is 448 g/mol. The minimum absolute atomic E-state index is 0.145. The molecule has 0 saturated heterocycles. The molecular formula is C19H14ClN3O6S. The predicted octanol–water partition coefficient (Wildman–Crippen LogP) is 4.18. The summed E-state index contributed by atoms with van der Waals surface area (Å²) in [5, 5.41) is 15.9. The maximum absolute atomic E-state index is 12.4. The Hall–Kier alpha value is -3.50. The molecule has 3 aromatic rings. The number of ether oxygens (including phenoxy) is 2. The maximum atomic E-state index is 12.4. The Morgan fingerprint density at radius 3 is 2.70 bits per heavy atom. The van der Waals surface area contributed by atoms with E-state index in [1.165, 1.54) is 25.4 Å². The molecule has 0 atom stereocenters. The molecule has 0 fully saturated rings. The third-order valence-electron chi connectivity index (χ3n) is 3.88. The van der Waals surface area contributed by atoms with Crippen molar-refractivity contribution < 1.29 is 24.0 Å². The van der Waals surface area contributed by atoms with E-state index < -0.39 is 29.2 Å². The molecule has 3 rings (SSSR count). The standard InChI is InChI=1S/C19H14ClN3O6S/c1-28-19(25)16-12(11-5-2-3-6-13(11)20)10-30-18(16)22-15(24)9-29-14-7-4-8-21-17(14)23(26)27/h2-8,10H,9H2,1H3,(H,22,24). The Labute approximate surface area is 179 Å².